The third-order valence-electron chi connectivity index (χ3n) is 4.06. The number of unbranched alkanes of at least 4 members (excludes halogenated alkanes) is 3. The lowest BCUT2D eigenvalue weighted by molar-refractivity contribution is -0.385. The summed E-state index contributed by atoms with van der Waals surface area (Å²) in [5.41, 5.74) is 0.328. The summed E-state index contributed by atoms with van der Waals surface area (Å²) in [6.45, 7) is 4.96. The zero-order chi connectivity index (χ0) is 19.4. The van der Waals surface area contributed by atoms with Gasteiger partial charge < -0.3 is 9.64 Å². The smallest absolute Gasteiger partial charge is 0.307 e. The number of carbonyl (C=O) groups is 2. The van der Waals surface area contributed by atoms with E-state index in [2.05, 4.69) is 6.92 Å². The normalized spacial score (nSPS) is 10.4. The fourth-order valence-corrected chi connectivity index (χ4v) is 2.66. The first-order valence-corrected chi connectivity index (χ1v) is 9.15. The number of nitro groups is 1. The summed E-state index contributed by atoms with van der Waals surface area (Å²) in [6.07, 6.45) is 4.11. The average Bonchev–Trinajstić information content (AvgIpc) is 2.61. The molecular formula is C19H28N2O5. The molecule has 0 atom stereocenters. The minimum absolute atomic E-state index is 0.0479. The van der Waals surface area contributed by atoms with Gasteiger partial charge in [-0.2, -0.15) is 0 Å². The third-order valence-corrected chi connectivity index (χ3v) is 4.06. The molecular weight excluding hydrogens is 336 g/mol. The molecule has 0 bridgehead atoms. The Balaban J connectivity index is 2.75. The summed E-state index contributed by atoms with van der Waals surface area (Å²) < 4.78 is 4.92. The van der Waals surface area contributed by atoms with E-state index in [4.69, 9.17) is 4.74 Å². The molecule has 0 aliphatic rings. The summed E-state index contributed by atoms with van der Waals surface area (Å²) in [4.78, 5) is 36.5. The zero-order valence-electron chi connectivity index (χ0n) is 15.6. The average molecular weight is 364 g/mol. The molecule has 26 heavy (non-hydrogen) atoms. The van der Waals surface area contributed by atoms with Crippen molar-refractivity contribution >= 4 is 17.6 Å². The molecule has 0 saturated carbocycles. The largest absolute Gasteiger partial charge is 0.466 e. The molecule has 7 heteroatoms. The van der Waals surface area contributed by atoms with Crippen LogP contribution in [-0.2, 0) is 20.7 Å². The van der Waals surface area contributed by atoms with Crippen LogP contribution in [0.15, 0.2) is 24.3 Å². The Kier molecular flexibility index (Phi) is 9.97. The fraction of sp³-hybridized carbons (Fsp3) is 0.579. The Morgan fingerprint density at radius 1 is 1.12 bits per heavy atom. The SMILES string of the molecule is CCCCCCN(CCC(=O)OCC)C(=O)Cc1ccccc1[N+](=O)[O-]. The van der Waals surface area contributed by atoms with Gasteiger partial charge in [-0.3, -0.25) is 19.7 Å². The maximum absolute atomic E-state index is 12.7. The van der Waals surface area contributed by atoms with Crippen molar-refractivity contribution in [2.75, 3.05) is 19.7 Å². The van der Waals surface area contributed by atoms with Gasteiger partial charge in [0.2, 0.25) is 5.91 Å². The van der Waals surface area contributed by atoms with Crippen molar-refractivity contribution < 1.29 is 19.2 Å². The molecule has 1 aromatic rings. The summed E-state index contributed by atoms with van der Waals surface area (Å²) in [5, 5.41) is 11.1. The number of esters is 1. The van der Waals surface area contributed by atoms with Crippen LogP contribution in [0.2, 0.25) is 0 Å². The van der Waals surface area contributed by atoms with Crippen molar-refractivity contribution in [2.45, 2.75) is 52.4 Å². The van der Waals surface area contributed by atoms with Gasteiger partial charge in [-0.15, -0.1) is 0 Å². The number of hydrogen-bond acceptors (Lipinski definition) is 5. The maximum atomic E-state index is 12.7. The molecule has 1 aromatic carbocycles. The van der Waals surface area contributed by atoms with Crippen LogP contribution < -0.4 is 0 Å². The number of para-hydroxylation sites is 1. The second-order valence-corrected chi connectivity index (χ2v) is 6.06. The van der Waals surface area contributed by atoms with Crippen molar-refractivity contribution in [3.8, 4) is 0 Å². The van der Waals surface area contributed by atoms with E-state index in [1.54, 1.807) is 30.0 Å². The molecule has 0 aromatic heterocycles. The van der Waals surface area contributed by atoms with Gasteiger partial charge in [0.15, 0.2) is 0 Å². The van der Waals surface area contributed by atoms with E-state index in [0.717, 1.165) is 25.7 Å². The van der Waals surface area contributed by atoms with E-state index >= 15 is 0 Å². The molecule has 0 fully saturated rings. The molecule has 0 N–H and O–H groups in total. The van der Waals surface area contributed by atoms with E-state index in [0.29, 0.717) is 18.7 Å². The van der Waals surface area contributed by atoms with Crippen LogP contribution in [0.1, 0.15) is 51.5 Å². The van der Waals surface area contributed by atoms with Crippen molar-refractivity contribution in [3.05, 3.63) is 39.9 Å². The summed E-state index contributed by atoms with van der Waals surface area (Å²) >= 11 is 0. The lowest BCUT2D eigenvalue weighted by Crippen LogP contribution is -2.35. The van der Waals surface area contributed by atoms with Gasteiger partial charge in [0, 0.05) is 24.7 Å². The molecule has 7 nitrogen and oxygen atoms in total. The zero-order valence-corrected chi connectivity index (χ0v) is 15.6. The molecule has 144 valence electrons. The number of carbonyl (C=O) groups excluding carboxylic acids is 2. The van der Waals surface area contributed by atoms with Gasteiger partial charge in [-0.05, 0) is 13.3 Å². The van der Waals surface area contributed by atoms with Gasteiger partial charge in [0.05, 0.1) is 24.4 Å². The molecule has 1 rings (SSSR count). The first-order valence-electron chi connectivity index (χ1n) is 9.15. The van der Waals surface area contributed by atoms with Crippen LogP contribution in [0.25, 0.3) is 0 Å². The highest BCUT2D eigenvalue weighted by Crippen LogP contribution is 2.19. The second kappa shape index (κ2) is 12.0. The van der Waals surface area contributed by atoms with Crippen LogP contribution in [0.3, 0.4) is 0 Å². The summed E-state index contributed by atoms with van der Waals surface area (Å²) in [7, 11) is 0. The minimum atomic E-state index is -0.479. The van der Waals surface area contributed by atoms with E-state index in [-0.39, 0.29) is 37.0 Å². The van der Waals surface area contributed by atoms with Crippen molar-refractivity contribution in [1.82, 2.24) is 4.90 Å². The van der Waals surface area contributed by atoms with E-state index in [1.165, 1.54) is 6.07 Å². The quantitative estimate of drug-likeness (QED) is 0.245. The van der Waals surface area contributed by atoms with Crippen LogP contribution in [0, 0.1) is 10.1 Å². The predicted molar refractivity (Wildman–Crippen MR) is 98.8 cm³/mol. The first kappa shape index (κ1) is 21.6. The third kappa shape index (κ3) is 7.63. The Labute approximate surface area is 154 Å². The fourth-order valence-electron chi connectivity index (χ4n) is 2.66. The van der Waals surface area contributed by atoms with E-state index in [1.807, 2.05) is 0 Å². The Bertz CT molecular complexity index is 603. The van der Waals surface area contributed by atoms with Gasteiger partial charge in [-0.25, -0.2) is 0 Å². The number of nitrogens with zero attached hydrogens (tertiary/aromatic N) is 2. The minimum Gasteiger partial charge on any atom is -0.466 e. The maximum Gasteiger partial charge on any atom is 0.307 e. The summed E-state index contributed by atoms with van der Waals surface area (Å²) in [5.74, 6) is -0.551. The molecule has 0 aliphatic carbocycles. The van der Waals surface area contributed by atoms with Crippen LogP contribution in [0.4, 0.5) is 5.69 Å². The van der Waals surface area contributed by atoms with Crippen LogP contribution in [0.5, 0.6) is 0 Å². The molecule has 0 spiro atoms. The van der Waals surface area contributed by atoms with Crippen molar-refractivity contribution in [1.29, 1.82) is 0 Å². The highest BCUT2D eigenvalue weighted by molar-refractivity contribution is 5.80. The molecule has 0 unspecified atom stereocenters. The molecule has 1 amide bonds. The number of rotatable bonds is 12. The number of ether oxygens (including phenoxy) is 1. The van der Waals surface area contributed by atoms with Gasteiger partial charge >= 0.3 is 5.97 Å². The monoisotopic (exact) mass is 364 g/mol. The standard InChI is InChI=1S/C19H28N2O5/c1-3-5-6-9-13-20(14-12-19(23)26-4-2)18(22)15-16-10-7-8-11-17(16)21(24)25/h7-8,10-11H,3-6,9,12-15H2,1-2H3. The van der Waals surface area contributed by atoms with Crippen LogP contribution in [-0.4, -0.2) is 41.4 Å². The number of nitro benzene ring substituents is 1. The van der Waals surface area contributed by atoms with Gasteiger partial charge in [0.25, 0.3) is 5.69 Å². The molecule has 0 radical (unpaired) electrons. The van der Waals surface area contributed by atoms with Gasteiger partial charge in [0.1, 0.15) is 0 Å². The van der Waals surface area contributed by atoms with Crippen LogP contribution >= 0.6 is 0 Å². The highest BCUT2D eigenvalue weighted by atomic mass is 16.6. The topological polar surface area (TPSA) is 89.8 Å². The Morgan fingerprint density at radius 3 is 2.50 bits per heavy atom. The predicted octanol–water partition coefficient (Wildman–Crippen LogP) is 3.50. The highest BCUT2D eigenvalue weighted by Gasteiger charge is 2.20. The molecule has 0 aliphatic heterocycles. The second-order valence-electron chi connectivity index (χ2n) is 6.06. The molecule has 0 heterocycles. The van der Waals surface area contributed by atoms with Gasteiger partial charge in [-0.1, -0.05) is 44.4 Å². The number of hydrogen-bond donors (Lipinski definition) is 0. The molecule has 0 saturated heterocycles. The van der Waals surface area contributed by atoms with E-state index in [9.17, 15) is 19.7 Å². The lowest BCUT2D eigenvalue weighted by Gasteiger charge is -2.22. The van der Waals surface area contributed by atoms with Crippen molar-refractivity contribution in [2.24, 2.45) is 0 Å². The Hall–Kier alpha value is -2.44. The lowest BCUT2D eigenvalue weighted by atomic mass is 10.1. The Morgan fingerprint density at radius 2 is 1.85 bits per heavy atom. The number of benzene rings is 1. The summed E-state index contributed by atoms with van der Waals surface area (Å²) in [6, 6.07) is 6.25. The first-order chi connectivity index (χ1) is 12.5. The van der Waals surface area contributed by atoms with E-state index < -0.39 is 4.92 Å². The van der Waals surface area contributed by atoms with Crippen molar-refractivity contribution in [3.63, 3.8) is 0 Å². The number of amides is 1.